The highest BCUT2D eigenvalue weighted by atomic mass is 32.2. The molecule has 0 atom stereocenters. The Morgan fingerprint density at radius 2 is 1.52 bits per heavy atom. The molecule has 0 amide bonds. The number of benzene rings is 2. The van der Waals surface area contributed by atoms with E-state index in [1.165, 1.54) is 49.7 Å². The topological polar surface area (TPSA) is 160 Å². The minimum absolute atomic E-state index is 0.00199. The minimum Gasteiger partial charge on any atom is -0.379 e. The predicted octanol–water partition coefficient (Wildman–Crippen LogP) is 1.29. The molecule has 2 saturated heterocycles. The third kappa shape index (κ3) is 5.47. The fourth-order valence-corrected chi connectivity index (χ4v) is 8.11. The molecule has 4 aromatic rings. The zero-order chi connectivity index (χ0) is 29.5. The van der Waals surface area contributed by atoms with Crippen LogP contribution in [0.15, 0.2) is 63.1 Å². The molecule has 0 unspecified atom stereocenters. The predicted molar refractivity (Wildman–Crippen MR) is 148 cm³/mol. The normalized spacial score (nSPS) is 18.0. The molecule has 0 spiro atoms. The average Bonchev–Trinajstić information content (AvgIpc) is 3.40. The van der Waals surface area contributed by atoms with Crippen molar-refractivity contribution in [3.8, 4) is 0 Å². The lowest BCUT2D eigenvalue weighted by molar-refractivity contribution is 0.0730. The number of hydrogen-bond acceptors (Lipinski definition) is 9. The Morgan fingerprint density at radius 1 is 0.905 bits per heavy atom. The fourth-order valence-electron chi connectivity index (χ4n) is 5.23. The van der Waals surface area contributed by atoms with Gasteiger partial charge >= 0.3 is 0 Å². The molecule has 2 aliphatic heterocycles. The van der Waals surface area contributed by atoms with Crippen LogP contribution in [0.25, 0.3) is 11.2 Å². The molecule has 13 nitrogen and oxygen atoms in total. The number of hydrogen-bond donors (Lipinski definition) is 1. The second-order valence-corrected chi connectivity index (χ2v) is 14.0. The number of ether oxygens (including phenoxy) is 1. The van der Waals surface area contributed by atoms with Crippen LogP contribution in [0.2, 0.25) is 0 Å². The monoisotopic (exact) mass is 617 g/mol. The van der Waals surface area contributed by atoms with E-state index in [0.29, 0.717) is 37.4 Å². The summed E-state index contributed by atoms with van der Waals surface area (Å²) in [4.78, 5) is 20.1. The number of morpholine rings is 1. The maximum Gasteiger partial charge on any atom is 0.281 e. The second-order valence-electron chi connectivity index (χ2n) is 10.2. The van der Waals surface area contributed by atoms with Crippen molar-refractivity contribution in [2.45, 2.75) is 35.1 Å². The van der Waals surface area contributed by atoms with Crippen molar-refractivity contribution in [2.75, 3.05) is 39.4 Å². The van der Waals surface area contributed by atoms with E-state index in [2.05, 4.69) is 20.3 Å². The van der Waals surface area contributed by atoms with Gasteiger partial charge in [-0.1, -0.05) is 17.3 Å². The number of nitrogens with one attached hydrogen (secondary N) is 1. The molecule has 0 radical (unpaired) electrons. The molecule has 0 aliphatic carbocycles. The summed E-state index contributed by atoms with van der Waals surface area (Å²) in [5.74, 6) is -0.198. The van der Waals surface area contributed by atoms with Crippen molar-refractivity contribution in [3.63, 3.8) is 0 Å². The SMILES string of the molecule is O=c1[nH]c(C2CCN(S(=O)(=O)c3ccc(S(=O)(=O)N4CCOCC4)cc3)CC2)nc2c1nnn2Cc1cccc(F)c1. The molecule has 2 aromatic carbocycles. The van der Waals surface area contributed by atoms with Crippen LogP contribution in [0, 0.1) is 5.82 Å². The van der Waals surface area contributed by atoms with Crippen LogP contribution in [0.1, 0.15) is 30.1 Å². The Bertz CT molecular complexity index is 1880. The summed E-state index contributed by atoms with van der Waals surface area (Å²) in [6, 6.07) is 11.3. The van der Waals surface area contributed by atoms with Crippen molar-refractivity contribution in [2.24, 2.45) is 0 Å². The van der Waals surface area contributed by atoms with Gasteiger partial charge < -0.3 is 9.72 Å². The third-order valence-electron chi connectivity index (χ3n) is 7.52. The number of aromatic nitrogens is 5. The highest BCUT2D eigenvalue weighted by molar-refractivity contribution is 7.89. The van der Waals surface area contributed by atoms with E-state index in [0.717, 1.165) is 0 Å². The van der Waals surface area contributed by atoms with Crippen molar-refractivity contribution in [1.29, 1.82) is 0 Å². The van der Waals surface area contributed by atoms with Crippen molar-refractivity contribution >= 4 is 31.2 Å². The molecule has 1 N–H and O–H groups in total. The average molecular weight is 618 g/mol. The van der Waals surface area contributed by atoms with E-state index in [1.54, 1.807) is 12.1 Å². The first kappa shape index (κ1) is 28.5. The minimum atomic E-state index is -3.88. The number of sulfonamides is 2. The summed E-state index contributed by atoms with van der Waals surface area (Å²) < 4.78 is 75.5. The van der Waals surface area contributed by atoms with E-state index in [1.807, 2.05) is 0 Å². The van der Waals surface area contributed by atoms with Gasteiger partial charge in [0.05, 0.1) is 29.5 Å². The summed E-state index contributed by atoms with van der Waals surface area (Å²) in [6.45, 7) is 1.66. The number of fused-ring (bicyclic) bond motifs is 1. The first-order chi connectivity index (χ1) is 20.1. The number of piperidine rings is 1. The van der Waals surface area contributed by atoms with Crippen molar-refractivity contribution < 1.29 is 26.0 Å². The van der Waals surface area contributed by atoms with Crippen LogP contribution in [0.3, 0.4) is 0 Å². The molecule has 2 fully saturated rings. The number of H-pyrrole nitrogens is 1. The lowest BCUT2D eigenvalue weighted by atomic mass is 9.97. The summed E-state index contributed by atoms with van der Waals surface area (Å²) in [5.41, 5.74) is 0.507. The Balaban J connectivity index is 1.16. The molecule has 42 heavy (non-hydrogen) atoms. The molecule has 2 aliphatic rings. The van der Waals surface area contributed by atoms with Crippen molar-refractivity contribution in [1.82, 2.24) is 33.6 Å². The molecule has 0 bridgehead atoms. The van der Waals surface area contributed by atoms with Gasteiger partial charge in [-0.15, -0.1) is 5.10 Å². The first-order valence-corrected chi connectivity index (χ1v) is 16.3. The van der Waals surface area contributed by atoms with Crippen molar-refractivity contribution in [3.05, 3.63) is 76.1 Å². The Hall–Kier alpha value is -3.57. The maximum absolute atomic E-state index is 13.6. The van der Waals surface area contributed by atoms with E-state index in [9.17, 15) is 26.0 Å². The zero-order valence-electron chi connectivity index (χ0n) is 22.4. The molecule has 16 heteroatoms. The van der Waals surface area contributed by atoms with E-state index in [4.69, 9.17) is 4.74 Å². The molecular formula is C26H28FN7O6S2. The van der Waals surface area contributed by atoms with E-state index in [-0.39, 0.29) is 65.4 Å². The quantitative estimate of drug-likeness (QED) is 0.322. The highest BCUT2D eigenvalue weighted by Gasteiger charge is 2.32. The molecule has 4 heterocycles. The smallest absolute Gasteiger partial charge is 0.281 e. The van der Waals surface area contributed by atoms with Gasteiger partial charge in [0.1, 0.15) is 11.6 Å². The third-order valence-corrected chi connectivity index (χ3v) is 11.3. The second kappa shape index (κ2) is 11.3. The van der Waals surface area contributed by atoms with E-state index < -0.39 is 25.6 Å². The first-order valence-electron chi connectivity index (χ1n) is 13.4. The largest absolute Gasteiger partial charge is 0.379 e. The number of halogens is 1. The van der Waals surface area contributed by atoms with Gasteiger partial charge in [-0.2, -0.15) is 8.61 Å². The van der Waals surface area contributed by atoms with E-state index >= 15 is 0 Å². The Morgan fingerprint density at radius 3 is 2.14 bits per heavy atom. The number of nitrogens with zero attached hydrogens (tertiary/aromatic N) is 6. The summed E-state index contributed by atoms with van der Waals surface area (Å²) in [7, 11) is -7.62. The van der Waals surface area contributed by atoms with Crippen LogP contribution in [0.4, 0.5) is 4.39 Å². The van der Waals surface area contributed by atoms with Gasteiger partial charge in [-0.3, -0.25) is 4.79 Å². The lowest BCUT2D eigenvalue weighted by Gasteiger charge is -2.30. The van der Waals surface area contributed by atoms with Gasteiger partial charge in [0.25, 0.3) is 5.56 Å². The van der Waals surface area contributed by atoms with Crippen LogP contribution in [0.5, 0.6) is 0 Å². The van der Waals surface area contributed by atoms with Gasteiger partial charge in [0.15, 0.2) is 11.2 Å². The van der Waals surface area contributed by atoms with Gasteiger partial charge in [-0.05, 0) is 54.8 Å². The fraction of sp³-hybridized carbons (Fsp3) is 0.385. The van der Waals surface area contributed by atoms with Crippen LogP contribution >= 0.6 is 0 Å². The standard InChI is InChI=1S/C26H28FN7O6S2/c27-20-3-1-2-18(16-20)17-34-25-23(30-31-34)26(35)29-24(28-25)19-8-10-32(11-9-19)41(36,37)21-4-6-22(7-5-21)42(38,39)33-12-14-40-15-13-33/h1-7,16,19H,8-15,17H2,(H,28,29,35). The molecule has 0 saturated carbocycles. The molecule has 222 valence electrons. The number of rotatable bonds is 7. The lowest BCUT2D eigenvalue weighted by Crippen LogP contribution is -2.40. The Kier molecular flexibility index (Phi) is 7.65. The highest BCUT2D eigenvalue weighted by Crippen LogP contribution is 2.30. The van der Waals surface area contributed by atoms with Gasteiger partial charge in [0.2, 0.25) is 20.0 Å². The van der Waals surface area contributed by atoms with Gasteiger partial charge in [-0.25, -0.2) is 30.9 Å². The molecule has 2 aromatic heterocycles. The summed E-state index contributed by atoms with van der Waals surface area (Å²) in [6.07, 6.45) is 0.811. The summed E-state index contributed by atoms with van der Waals surface area (Å²) >= 11 is 0. The van der Waals surface area contributed by atoms with Crippen LogP contribution in [-0.4, -0.2) is 89.8 Å². The maximum atomic E-state index is 13.6. The molecule has 6 rings (SSSR count). The van der Waals surface area contributed by atoms with Gasteiger partial charge in [0, 0.05) is 32.1 Å². The molecular weight excluding hydrogens is 589 g/mol. The van der Waals surface area contributed by atoms with Crippen LogP contribution in [-0.2, 0) is 31.3 Å². The zero-order valence-corrected chi connectivity index (χ0v) is 24.0. The van der Waals surface area contributed by atoms with Crippen LogP contribution < -0.4 is 5.56 Å². The Labute approximate surface area is 241 Å². The summed E-state index contributed by atoms with van der Waals surface area (Å²) in [5, 5.41) is 7.95. The number of aromatic amines is 1.